The Morgan fingerprint density at radius 3 is 2.80 bits per heavy atom. The van der Waals surface area contributed by atoms with Gasteiger partial charge in [-0.2, -0.15) is 0 Å². The van der Waals surface area contributed by atoms with Gasteiger partial charge in [-0.3, -0.25) is 4.90 Å². The SMILES string of the molecule is CNC(C)c1ccc(OCCN2CCOCC2)c(Cl)c1. The van der Waals surface area contributed by atoms with Gasteiger partial charge in [0.1, 0.15) is 12.4 Å². The van der Waals surface area contributed by atoms with E-state index in [0.717, 1.165) is 44.2 Å². The lowest BCUT2D eigenvalue weighted by Crippen LogP contribution is -2.38. The first-order valence-corrected chi connectivity index (χ1v) is 7.48. The van der Waals surface area contributed by atoms with E-state index in [1.807, 2.05) is 19.2 Å². The predicted octanol–water partition coefficient (Wildman–Crippen LogP) is 2.33. The zero-order valence-electron chi connectivity index (χ0n) is 12.2. The molecule has 112 valence electrons. The number of hydrogen-bond donors (Lipinski definition) is 1. The third kappa shape index (κ3) is 4.35. The molecule has 1 atom stereocenters. The van der Waals surface area contributed by atoms with Crippen LogP contribution in [0.5, 0.6) is 5.75 Å². The maximum Gasteiger partial charge on any atom is 0.137 e. The molecule has 0 radical (unpaired) electrons. The van der Waals surface area contributed by atoms with Gasteiger partial charge < -0.3 is 14.8 Å². The van der Waals surface area contributed by atoms with Crippen LogP contribution in [0.2, 0.25) is 5.02 Å². The van der Waals surface area contributed by atoms with Gasteiger partial charge in [0, 0.05) is 25.7 Å². The minimum Gasteiger partial charge on any atom is -0.491 e. The Labute approximate surface area is 126 Å². The van der Waals surface area contributed by atoms with Gasteiger partial charge in [-0.1, -0.05) is 17.7 Å². The van der Waals surface area contributed by atoms with E-state index < -0.39 is 0 Å². The Morgan fingerprint density at radius 2 is 2.15 bits per heavy atom. The summed E-state index contributed by atoms with van der Waals surface area (Å²) in [6, 6.07) is 6.25. The second-order valence-corrected chi connectivity index (χ2v) is 5.41. The number of rotatable bonds is 6. The van der Waals surface area contributed by atoms with Gasteiger partial charge in [0.05, 0.1) is 18.2 Å². The Kier molecular flexibility index (Phi) is 6.10. The van der Waals surface area contributed by atoms with Crippen molar-refractivity contribution < 1.29 is 9.47 Å². The quantitative estimate of drug-likeness (QED) is 0.874. The molecule has 2 rings (SSSR count). The highest BCUT2D eigenvalue weighted by Crippen LogP contribution is 2.27. The van der Waals surface area contributed by atoms with E-state index in [1.54, 1.807) is 0 Å². The van der Waals surface area contributed by atoms with Crippen molar-refractivity contribution in [1.82, 2.24) is 10.2 Å². The Bertz CT molecular complexity index is 422. The van der Waals surface area contributed by atoms with Crippen molar-refractivity contribution in [2.45, 2.75) is 13.0 Å². The summed E-state index contributed by atoms with van der Waals surface area (Å²) in [5, 5.41) is 3.87. The second kappa shape index (κ2) is 7.84. The predicted molar refractivity (Wildman–Crippen MR) is 81.7 cm³/mol. The van der Waals surface area contributed by atoms with Crippen LogP contribution in [0.4, 0.5) is 0 Å². The second-order valence-electron chi connectivity index (χ2n) is 5.00. The molecule has 1 aromatic rings. The first-order valence-electron chi connectivity index (χ1n) is 7.10. The largest absolute Gasteiger partial charge is 0.491 e. The third-order valence-electron chi connectivity index (χ3n) is 3.66. The molecule has 1 N–H and O–H groups in total. The van der Waals surface area contributed by atoms with Crippen LogP contribution in [-0.4, -0.2) is 51.4 Å². The molecule has 1 aromatic carbocycles. The van der Waals surface area contributed by atoms with E-state index in [2.05, 4.69) is 23.2 Å². The van der Waals surface area contributed by atoms with Crippen LogP contribution in [0.15, 0.2) is 18.2 Å². The van der Waals surface area contributed by atoms with Crippen molar-refractivity contribution in [2.24, 2.45) is 0 Å². The first-order chi connectivity index (χ1) is 9.70. The number of nitrogens with one attached hydrogen (secondary N) is 1. The average Bonchev–Trinajstić information content (AvgIpc) is 2.49. The molecule has 0 saturated carbocycles. The van der Waals surface area contributed by atoms with Gasteiger partial charge in [-0.05, 0) is 31.7 Å². The number of halogens is 1. The zero-order valence-corrected chi connectivity index (χ0v) is 12.9. The molecule has 1 saturated heterocycles. The van der Waals surface area contributed by atoms with E-state index in [1.165, 1.54) is 0 Å². The van der Waals surface area contributed by atoms with Crippen LogP contribution in [-0.2, 0) is 4.74 Å². The minimum atomic E-state index is 0.287. The summed E-state index contributed by atoms with van der Waals surface area (Å²) in [5.74, 6) is 0.756. The molecule has 20 heavy (non-hydrogen) atoms. The fourth-order valence-electron chi connectivity index (χ4n) is 2.18. The number of nitrogens with zero attached hydrogens (tertiary/aromatic N) is 1. The highest BCUT2D eigenvalue weighted by Gasteiger charge is 2.11. The van der Waals surface area contributed by atoms with E-state index in [4.69, 9.17) is 21.1 Å². The smallest absolute Gasteiger partial charge is 0.137 e. The van der Waals surface area contributed by atoms with Crippen LogP contribution in [0.1, 0.15) is 18.5 Å². The molecule has 0 amide bonds. The van der Waals surface area contributed by atoms with Crippen molar-refractivity contribution in [3.8, 4) is 5.75 Å². The third-order valence-corrected chi connectivity index (χ3v) is 3.95. The maximum atomic E-state index is 6.27. The molecule has 0 aliphatic carbocycles. The zero-order chi connectivity index (χ0) is 14.4. The fraction of sp³-hybridized carbons (Fsp3) is 0.600. The van der Waals surface area contributed by atoms with Crippen LogP contribution >= 0.6 is 11.6 Å². The molecule has 0 spiro atoms. The average molecular weight is 299 g/mol. The summed E-state index contributed by atoms with van der Waals surface area (Å²) in [7, 11) is 1.94. The van der Waals surface area contributed by atoms with Gasteiger partial charge in [-0.15, -0.1) is 0 Å². The van der Waals surface area contributed by atoms with Crippen molar-refractivity contribution in [2.75, 3.05) is 46.5 Å². The maximum absolute atomic E-state index is 6.27. The normalized spacial score (nSPS) is 17.9. The van der Waals surface area contributed by atoms with Crippen LogP contribution in [0.3, 0.4) is 0 Å². The summed E-state index contributed by atoms with van der Waals surface area (Å²) in [5.41, 5.74) is 1.16. The minimum absolute atomic E-state index is 0.287. The van der Waals surface area contributed by atoms with Crippen molar-refractivity contribution in [3.63, 3.8) is 0 Å². The number of morpholine rings is 1. The molecule has 1 aliphatic heterocycles. The topological polar surface area (TPSA) is 33.7 Å². The van der Waals surface area contributed by atoms with E-state index in [-0.39, 0.29) is 6.04 Å². The lowest BCUT2D eigenvalue weighted by Gasteiger charge is -2.26. The van der Waals surface area contributed by atoms with Gasteiger partial charge in [0.15, 0.2) is 0 Å². The van der Waals surface area contributed by atoms with Gasteiger partial charge >= 0.3 is 0 Å². The number of benzene rings is 1. The fourth-order valence-corrected chi connectivity index (χ4v) is 2.42. The molecule has 1 unspecified atom stereocenters. The van der Waals surface area contributed by atoms with E-state index >= 15 is 0 Å². The van der Waals surface area contributed by atoms with Crippen molar-refractivity contribution in [3.05, 3.63) is 28.8 Å². The summed E-state index contributed by atoms with van der Waals surface area (Å²) in [6.07, 6.45) is 0. The van der Waals surface area contributed by atoms with Gasteiger partial charge in [0.25, 0.3) is 0 Å². The Hall–Kier alpha value is -0.810. The first kappa shape index (κ1) is 15.6. The summed E-state index contributed by atoms with van der Waals surface area (Å²) in [4.78, 5) is 2.34. The molecular weight excluding hydrogens is 276 g/mol. The van der Waals surface area contributed by atoms with Crippen LogP contribution in [0.25, 0.3) is 0 Å². The standard InChI is InChI=1S/C15H23ClN2O2/c1-12(17-2)13-3-4-15(14(16)11-13)20-10-7-18-5-8-19-9-6-18/h3-4,11-12,17H,5-10H2,1-2H3. The van der Waals surface area contributed by atoms with Crippen LogP contribution in [0, 0.1) is 0 Å². The van der Waals surface area contributed by atoms with Crippen molar-refractivity contribution in [1.29, 1.82) is 0 Å². The van der Waals surface area contributed by atoms with Gasteiger partial charge in [-0.25, -0.2) is 0 Å². The monoisotopic (exact) mass is 298 g/mol. The molecule has 0 bridgehead atoms. The van der Waals surface area contributed by atoms with Crippen LogP contribution < -0.4 is 10.1 Å². The van der Waals surface area contributed by atoms with E-state index in [0.29, 0.717) is 11.6 Å². The lowest BCUT2D eigenvalue weighted by atomic mass is 10.1. The summed E-state index contributed by atoms with van der Waals surface area (Å²) < 4.78 is 11.1. The lowest BCUT2D eigenvalue weighted by molar-refractivity contribution is 0.0322. The molecule has 1 fully saturated rings. The highest BCUT2D eigenvalue weighted by molar-refractivity contribution is 6.32. The van der Waals surface area contributed by atoms with E-state index in [9.17, 15) is 0 Å². The highest BCUT2D eigenvalue weighted by atomic mass is 35.5. The molecule has 0 aromatic heterocycles. The number of ether oxygens (including phenoxy) is 2. The van der Waals surface area contributed by atoms with Crippen molar-refractivity contribution >= 4 is 11.6 Å². The molecule has 1 aliphatic rings. The Morgan fingerprint density at radius 1 is 1.40 bits per heavy atom. The number of hydrogen-bond acceptors (Lipinski definition) is 4. The molecule has 5 heteroatoms. The summed E-state index contributed by atoms with van der Waals surface area (Å²) in [6.45, 7) is 7.26. The molecular formula is C15H23ClN2O2. The molecule has 1 heterocycles. The summed E-state index contributed by atoms with van der Waals surface area (Å²) >= 11 is 6.27. The molecule has 4 nitrogen and oxygen atoms in total. The van der Waals surface area contributed by atoms with Gasteiger partial charge in [0.2, 0.25) is 0 Å². The Balaban J connectivity index is 1.83.